The molecule has 0 fully saturated rings. The minimum absolute atomic E-state index is 0.0329. The van der Waals surface area contributed by atoms with Crippen LogP contribution < -0.4 is 10.1 Å². The van der Waals surface area contributed by atoms with E-state index in [-0.39, 0.29) is 16.9 Å². The van der Waals surface area contributed by atoms with E-state index in [1.165, 1.54) is 31.4 Å². The van der Waals surface area contributed by atoms with Crippen molar-refractivity contribution >= 4 is 23.3 Å². The fraction of sp³-hybridized carbons (Fsp3) is 0.176. The molecule has 25 heavy (non-hydrogen) atoms. The number of carbonyl (C=O) groups excluding carboxylic acids is 2. The van der Waals surface area contributed by atoms with Crippen molar-refractivity contribution in [2.75, 3.05) is 19.0 Å². The number of hydrogen-bond acceptors (Lipinski definition) is 6. The maximum atomic E-state index is 12.0. The van der Waals surface area contributed by atoms with Crippen molar-refractivity contribution in [3.05, 3.63) is 63.7 Å². The summed E-state index contributed by atoms with van der Waals surface area (Å²) in [4.78, 5) is 34.1. The number of nitro benzene ring substituents is 1. The Morgan fingerprint density at radius 1 is 1.20 bits per heavy atom. The van der Waals surface area contributed by atoms with E-state index in [4.69, 9.17) is 9.47 Å². The second kappa shape index (κ2) is 7.91. The number of esters is 1. The van der Waals surface area contributed by atoms with Crippen LogP contribution in [0.5, 0.6) is 5.75 Å². The molecular formula is C17H16N2O6. The monoisotopic (exact) mass is 344 g/mol. The van der Waals surface area contributed by atoms with Crippen LogP contribution in [-0.4, -0.2) is 30.5 Å². The van der Waals surface area contributed by atoms with Crippen molar-refractivity contribution in [2.24, 2.45) is 0 Å². The lowest BCUT2D eigenvalue weighted by atomic mass is 10.1. The van der Waals surface area contributed by atoms with Crippen LogP contribution in [0.25, 0.3) is 0 Å². The summed E-state index contributed by atoms with van der Waals surface area (Å²) in [6.45, 7) is 1.26. The van der Waals surface area contributed by atoms with E-state index in [1.807, 2.05) is 6.92 Å². The normalized spacial score (nSPS) is 10.0. The van der Waals surface area contributed by atoms with Crippen molar-refractivity contribution in [1.29, 1.82) is 0 Å². The average molecular weight is 344 g/mol. The number of anilines is 1. The molecule has 0 saturated heterocycles. The SMILES string of the molecule is COc1cc(C(=O)OCC(=O)Nc2ccccc2[N+](=O)[O-])ccc1C. The fourth-order valence-corrected chi connectivity index (χ4v) is 2.09. The van der Waals surface area contributed by atoms with Gasteiger partial charge < -0.3 is 14.8 Å². The summed E-state index contributed by atoms with van der Waals surface area (Å²) >= 11 is 0. The molecule has 2 aromatic rings. The molecule has 0 aliphatic rings. The molecule has 0 atom stereocenters. The molecule has 1 N–H and O–H groups in total. The van der Waals surface area contributed by atoms with Gasteiger partial charge in [0.25, 0.3) is 11.6 Å². The first-order valence-corrected chi connectivity index (χ1v) is 7.27. The van der Waals surface area contributed by atoms with E-state index >= 15 is 0 Å². The molecule has 0 aliphatic carbocycles. The highest BCUT2D eigenvalue weighted by atomic mass is 16.6. The summed E-state index contributed by atoms with van der Waals surface area (Å²) in [5, 5.41) is 13.2. The molecule has 0 aliphatic heterocycles. The van der Waals surface area contributed by atoms with Gasteiger partial charge in [-0.2, -0.15) is 0 Å². The van der Waals surface area contributed by atoms with Gasteiger partial charge in [0.15, 0.2) is 6.61 Å². The van der Waals surface area contributed by atoms with Crippen LogP contribution in [0.4, 0.5) is 11.4 Å². The van der Waals surface area contributed by atoms with Gasteiger partial charge in [-0.1, -0.05) is 18.2 Å². The molecule has 8 heteroatoms. The second-order valence-corrected chi connectivity index (χ2v) is 5.08. The Balaban J connectivity index is 1.98. The van der Waals surface area contributed by atoms with Crippen molar-refractivity contribution in [2.45, 2.75) is 6.92 Å². The summed E-state index contributed by atoms with van der Waals surface area (Å²) in [6, 6.07) is 10.5. The third kappa shape index (κ3) is 4.54. The number of para-hydroxylation sites is 2. The topological polar surface area (TPSA) is 108 Å². The molecule has 8 nitrogen and oxygen atoms in total. The number of hydrogen-bond donors (Lipinski definition) is 1. The lowest BCUT2D eigenvalue weighted by Gasteiger charge is -2.09. The minimum Gasteiger partial charge on any atom is -0.496 e. The Morgan fingerprint density at radius 3 is 2.60 bits per heavy atom. The summed E-state index contributed by atoms with van der Waals surface area (Å²) in [5.74, 6) is -0.850. The van der Waals surface area contributed by atoms with Gasteiger partial charge in [0.05, 0.1) is 17.6 Å². The lowest BCUT2D eigenvalue weighted by Crippen LogP contribution is -2.21. The minimum atomic E-state index is -0.698. The van der Waals surface area contributed by atoms with Crippen LogP contribution >= 0.6 is 0 Å². The van der Waals surface area contributed by atoms with Gasteiger partial charge in [0, 0.05) is 6.07 Å². The lowest BCUT2D eigenvalue weighted by molar-refractivity contribution is -0.383. The van der Waals surface area contributed by atoms with Gasteiger partial charge in [-0.15, -0.1) is 0 Å². The predicted molar refractivity (Wildman–Crippen MR) is 89.7 cm³/mol. The molecule has 2 rings (SSSR count). The number of amides is 1. The first kappa shape index (κ1) is 17.9. The molecule has 0 unspecified atom stereocenters. The third-order valence-corrected chi connectivity index (χ3v) is 3.35. The molecule has 0 spiro atoms. The van der Waals surface area contributed by atoms with E-state index in [0.29, 0.717) is 5.75 Å². The molecular weight excluding hydrogens is 328 g/mol. The van der Waals surface area contributed by atoms with Crippen LogP contribution in [0.15, 0.2) is 42.5 Å². The van der Waals surface area contributed by atoms with Gasteiger partial charge in [0.1, 0.15) is 11.4 Å². The smallest absolute Gasteiger partial charge is 0.338 e. The van der Waals surface area contributed by atoms with Crippen molar-refractivity contribution in [1.82, 2.24) is 0 Å². The zero-order valence-electron chi connectivity index (χ0n) is 13.6. The van der Waals surface area contributed by atoms with Crippen LogP contribution in [-0.2, 0) is 9.53 Å². The maximum absolute atomic E-state index is 12.0. The molecule has 0 saturated carbocycles. The fourth-order valence-electron chi connectivity index (χ4n) is 2.09. The third-order valence-electron chi connectivity index (χ3n) is 3.35. The molecule has 0 heterocycles. The first-order chi connectivity index (χ1) is 11.9. The molecule has 1 amide bonds. The van der Waals surface area contributed by atoms with E-state index in [0.717, 1.165) is 5.56 Å². The van der Waals surface area contributed by atoms with Crippen LogP contribution in [0.3, 0.4) is 0 Å². The molecule has 2 aromatic carbocycles. The molecule has 0 aromatic heterocycles. The number of nitrogens with one attached hydrogen (secondary N) is 1. The highest BCUT2D eigenvalue weighted by Gasteiger charge is 2.16. The molecule has 0 radical (unpaired) electrons. The van der Waals surface area contributed by atoms with Gasteiger partial charge in [-0.05, 0) is 30.7 Å². The van der Waals surface area contributed by atoms with Gasteiger partial charge in [-0.25, -0.2) is 4.79 Å². The summed E-state index contributed by atoms with van der Waals surface area (Å²) in [7, 11) is 1.48. The zero-order valence-corrected chi connectivity index (χ0v) is 13.6. The standard InChI is InChI=1S/C17H16N2O6/c1-11-7-8-12(9-15(11)24-2)17(21)25-10-16(20)18-13-5-3-4-6-14(13)19(22)23/h3-9H,10H2,1-2H3,(H,18,20). The number of benzene rings is 2. The highest BCUT2D eigenvalue weighted by molar-refractivity contribution is 5.96. The Bertz CT molecular complexity index is 819. The van der Waals surface area contributed by atoms with E-state index in [2.05, 4.69) is 5.32 Å². The summed E-state index contributed by atoms with van der Waals surface area (Å²) < 4.78 is 10.1. The Hall–Kier alpha value is -3.42. The molecule has 0 bridgehead atoms. The zero-order chi connectivity index (χ0) is 18.4. The number of nitro groups is 1. The average Bonchev–Trinajstić information content (AvgIpc) is 2.60. The van der Waals surface area contributed by atoms with E-state index < -0.39 is 23.4 Å². The highest BCUT2D eigenvalue weighted by Crippen LogP contribution is 2.23. The number of rotatable bonds is 6. The van der Waals surface area contributed by atoms with Crippen LogP contribution in [0, 0.1) is 17.0 Å². The maximum Gasteiger partial charge on any atom is 0.338 e. The second-order valence-electron chi connectivity index (χ2n) is 5.08. The van der Waals surface area contributed by atoms with Crippen molar-refractivity contribution in [3.8, 4) is 5.75 Å². The molecule has 130 valence electrons. The van der Waals surface area contributed by atoms with E-state index in [9.17, 15) is 19.7 Å². The summed E-state index contributed by atoms with van der Waals surface area (Å²) in [5.41, 5.74) is 0.880. The quantitative estimate of drug-likeness (QED) is 0.490. The Labute approximate surface area is 143 Å². The van der Waals surface area contributed by atoms with Crippen LogP contribution in [0.2, 0.25) is 0 Å². The van der Waals surface area contributed by atoms with Gasteiger partial charge in [-0.3, -0.25) is 14.9 Å². The van der Waals surface area contributed by atoms with Crippen LogP contribution in [0.1, 0.15) is 15.9 Å². The number of nitrogens with zero attached hydrogens (tertiary/aromatic N) is 1. The largest absolute Gasteiger partial charge is 0.496 e. The number of aryl methyl sites for hydroxylation is 1. The first-order valence-electron chi connectivity index (χ1n) is 7.27. The Morgan fingerprint density at radius 2 is 1.92 bits per heavy atom. The van der Waals surface area contributed by atoms with Crippen molar-refractivity contribution < 1.29 is 24.0 Å². The predicted octanol–water partition coefficient (Wildman–Crippen LogP) is 2.71. The van der Waals surface area contributed by atoms with E-state index in [1.54, 1.807) is 18.2 Å². The number of carbonyl (C=O) groups is 2. The van der Waals surface area contributed by atoms with Gasteiger partial charge in [0.2, 0.25) is 0 Å². The number of methoxy groups -OCH3 is 1. The van der Waals surface area contributed by atoms with Crippen molar-refractivity contribution in [3.63, 3.8) is 0 Å². The van der Waals surface area contributed by atoms with Gasteiger partial charge >= 0.3 is 5.97 Å². The summed E-state index contributed by atoms with van der Waals surface area (Å²) in [6.07, 6.45) is 0. The number of ether oxygens (including phenoxy) is 2. The Kier molecular flexibility index (Phi) is 5.67.